The minimum absolute atomic E-state index is 0.0969. The Labute approximate surface area is 90.8 Å². The molecule has 1 aromatic carbocycles. The second-order valence-corrected chi connectivity index (χ2v) is 2.80. The average Bonchev–Trinajstić information content (AvgIpc) is 2.28. The summed E-state index contributed by atoms with van der Waals surface area (Å²) in [4.78, 5) is 33.0. The van der Waals surface area contributed by atoms with Crippen LogP contribution in [0.15, 0.2) is 24.3 Å². The summed E-state index contributed by atoms with van der Waals surface area (Å²) in [6, 6.07) is 5.56. The molecule has 0 saturated carbocycles. The van der Waals surface area contributed by atoms with E-state index in [1.807, 2.05) is 5.32 Å². The first kappa shape index (κ1) is 11.7. The molecule has 0 spiro atoms. The van der Waals surface area contributed by atoms with Crippen molar-refractivity contribution in [2.45, 2.75) is 0 Å². The monoisotopic (exact) mass is 223 g/mol. The van der Waals surface area contributed by atoms with Crippen LogP contribution in [0.5, 0.6) is 0 Å². The van der Waals surface area contributed by atoms with Gasteiger partial charge >= 0.3 is 12.1 Å². The molecule has 6 nitrogen and oxygen atoms in total. The fourth-order valence-corrected chi connectivity index (χ4v) is 1.08. The largest absolute Gasteiger partial charge is 0.478 e. The molecular weight excluding hydrogens is 214 g/mol. The normalized spacial score (nSPS) is 9.31. The predicted octanol–water partition coefficient (Wildman–Crippen LogP) is 0.881. The van der Waals surface area contributed by atoms with Gasteiger partial charge in [0.15, 0.2) is 0 Å². The summed E-state index contributed by atoms with van der Waals surface area (Å²) in [5.41, 5.74) is -0.274. The van der Waals surface area contributed by atoms with E-state index in [9.17, 15) is 14.4 Å². The molecule has 0 aliphatic rings. The van der Waals surface area contributed by atoms with Crippen molar-refractivity contribution in [3.63, 3.8) is 0 Å². The van der Waals surface area contributed by atoms with E-state index in [2.05, 4.69) is 4.74 Å². The van der Waals surface area contributed by atoms with Crippen molar-refractivity contribution >= 4 is 18.0 Å². The van der Waals surface area contributed by atoms with E-state index in [4.69, 9.17) is 5.11 Å². The van der Waals surface area contributed by atoms with Gasteiger partial charge in [0.1, 0.15) is 0 Å². The maximum absolute atomic E-state index is 11.5. The molecule has 0 saturated heterocycles. The minimum Gasteiger partial charge on any atom is -0.478 e. The summed E-state index contributed by atoms with van der Waals surface area (Å²) in [6.07, 6.45) is -0.940. The number of carboxylic acid groups (broad SMARTS) is 1. The van der Waals surface area contributed by atoms with Crippen molar-refractivity contribution in [3.8, 4) is 0 Å². The maximum Gasteiger partial charge on any atom is 0.413 e. The van der Waals surface area contributed by atoms with Gasteiger partial charge in [-0.25, -0.2) is 9.59 Å². The molecule has 2 N–H and O–H groups in total. The first-order chi connectivity index (χ1) is 7.56. The second-order valence-electron chi connectivity index (χ2n) is 2.80. The third kappa shape index (κ3) is 2.57. The van der Waals surface area contributed by atoms with Crippen LogP contribution < -0.4 is 5.32 Å². The van der Waals surface area contributed by atoms with E-state index < -0.39 is 18.0 Å². The lowest BCUT2D eigenvalue weighted by molar-refractivity contribution is 0.0690. The number of hydrogen-bond acceptors (Lipinski definition) is 4. The lowest BCUT2D eigenvalue weighted by atomic mass is 10.1. The number of carboxylic acids is 1. The van der Waals surface area contributed by atoms with Gasteiger partial charge in [-0.15, -0.1) is 0 Å². The Hall–Kier alpha value is -2.37. The molecule has 0 radical (unpaired) electrons. The third-order valence-electron chi connectivity index (χ3n) is 1.80. The zero-order valence-corrected chi connectivity index (χ0v) is 8.39. The number of alkyl carbamates (subject to hydrolysis) is 1. The summed E-state index contributed by atoms with van der Waals surface area (Å²) in [7, 11) is 1.10. The van der Waals surface area contributed by atoms with Crippen molar-refractivity contribution in [1.82, 2.24) is 5.32 Å². The van der Waals surface area contributed by atoms with Crippen LogP contribution in [-0.2, 0) is 4.74 Å². The second kappa shape index (κ2) is 4.92. The zero-order chi connectivity index (χ0) is 12.1. The van der Waals surface area contributed by atoms with Crippen LogP contribution in [-0.4, -0.2) is 30.2 Å². The SMILES string of the molecule is COC(=O)NC(=O)c1ccccc1C(=O)O. The highest BCUT2D eigenvalue weighted by molar-refractivity contribution is 6.09. The first-order valence-corrected chi connectivity index (χ1v) is 4.28. The van der Waals surface area contributed by atoms with Crippen LogP contribution in [0.1, 0.15) is 20.7 Å². The highest BCUT2D eigenvalue weighted by Gasteiger charge is 2.17. The van der Waals surface area contributed by atoms with Gasteiger partial charge in [0.05, 0.1) is 18.2 Å². The molecule has 16 heavy (non-hydrogen) atoms. The summed E-state index contributed by atoms with van der Waals surface area (Å²) in [5.74, 6) is -2.06. The van der Waals surface area contributed by atoms with Crippen molar-refractivity contribution in [1.29, 1.82) is 0 Å². The molecule has 0 aromatic heterocycles. The number of ether oxygens (including phenoxy) is 1. The first-order valence-electron chi connectivity index (χ1n) is 4.28. The van der Waals surface area contributed by atoms with Crippen molar-refractivity contribution in [2.24, 2.45) is 0 Å². The number of rotatable bonds is 2. The maximum atomic E-state index is 11.5. The number of methoxy groups -OCH3 is 1. The van der Waals surface area contributed by atoms with Crippen LogP contribution in [0.2, 0.25) is 0 Å². The van der Waals surface area contributed by atoms with Crippen LogP contribution in [0.25, 0.3) is 0 Å². The summed E-state index contributed by atoms with van der Waals surface area (Å²) in [6.45, 7) is 0. The Morgan fingerprint density at radius 3 is 2.25 bits per heavy atom. The quantitative estimate of drug-likeness (QED) is 0.776. The summed E-state index contributed by atoms with van der Waals surface area (Å²) >= 11 is 0. The molecule has 0 unspecified atom stereocenters. The Morgan fingerprint density at radius 2 is 1.75 bits per heavy atom. The molecule has 1 rings (SSSR count). The van der Waals surface area contributed by atoms with E-state index >= 15 is 0 Å². The number of amides is 2. The van der Waals surface area contributed by atoms with E-state index in [0.29, 0.717) is 0 Å². The Bertz CT molecular complexity index is 441. The number of carbonyl (C=O) groups is 3. The summed E-state index contributed by atoms with van der Waals surface area (Å²) < 4.78 is 4.22. The Kier molecular flexibility index (Phi) is 3.60. The van der Waals surface area contributed by atoms with Crippen molar-refractivity contribution in [3.05, 3.63) is 35.4 Å². The zero-order valence-electron chi connectivity index (χ0n) is 8.39. The van der Waals surface area contributed by atoms with E-state index in [-0.39, 0.29) is 11.1 Å². The van der Waals surface area contributed by atoms with Gasteiger partial charge < -0.3 is 9.84 Å². The smallest absolute Gasteiger partial charge is 0.413 e. The lowest BCUT2D eigenvalue weighted by Crippen LogP contribution is -2.31. The van der Waals surface area contributed by atoms with Gasteiger partial charge in [0.25, 0.3) is 5.91 Å². The number of nitrogens with one attached hydrogen (secondary N) is 1. The molecule has 0 bridgehead atoms. The predicted molar refractivity (Wildman–Crippen MR) is 53.3 cm³/mol. The topological polar surface area (TPSA) is 92.7 Å². The molecule has 2 amide bonds. The molecule has 0 heterocycles. The van der Waals surface area contributed by atoms with Gasteiger partial charge in [0.2, 0.25) is 0 Å². The van der Waals surface area contributed by atoms with E-state index in [1.165, 1.54) is 24.3 Å². The molecule has 0 aliphatic carbocycles. The molecule has 0 aliphatic heterocycles. The number of hydrogen-bond donors (Lipinski definition) is 2. The van der Waals surface area contributed by atoms with Crippen molar-refractivity contribution in [2.75, 3.05) is 7.11 Å². The van der Waals surface area contributed by atoms with Crippen LogP contribution in [0.3, 0.4) is 0 Å². The highest BCUT2D eigenvalue weighted by atomic mass is 16.5. The standard InChI is InChI=1S/C10H9NO5/c1-16-10(15)11-8(12)6-4-2-3-5-7(6)9(13)14/h2-5H,1H3,(H,13,14)(H,11,12,15). The third-order valence-corrected chi connectivity index (χ3v) is 1.80. The molecule has 84 valence electrons. The number of benzene rings is 1. The number of aromatic carboxylic acids is 1. The number of carbonyl (C=O) groups excluding carboxylic acids is 2. The van der Waals surface area contributed by atoms with Gasteiger partial charge in [-0.2, -0.15) is 0 Å². The van der Waals surface area contributed by atoms with Crippen LogP contribution >= 0.6 is 0 Å². The van der Waals surface area contributed by atoms with E-state index in [1.54, 1.807) is 0 Å². The van der Waals surface area contributed by atoms with E-state index in [0.717, 1.165) is 7.11 Å². The molecular formula is C10H9NO5. The molecule has 6 heteroatoms. The van der Waals surface area contributed by atoms with Gasteiger partial charge in [-0.3, -0.25) is 10.1 Å². The fourth-order valence-electron chi connectivity index (χ4n) is 1.08. The Morgan fingerprint density at radius 1 is 1.19 bits per heavy atom. The fraction of sp³-hybridized carbons (Fsp3) is 0.100. The van der Waals surface area contributed by atoms with Crippen LogP contribution in [0, 0.1) is 0 Å². The molecule has 0 atom stereocenters. The van der Waals surface area contributed by atoms with Gasteiger partial charge in [-0.1, -0.05) is 12.1 Å². The Balaban J connectivity index is 2.99. The lowest BCUT2D eigenvalue weighted by Gasteiger charge is -2.05. The summed E-state index contributed by atoms with van der Waals surface area (Å²) in [5, 5.41) is 10.7. The highest BCUT2D eigenvalue weighted by Crippen LogP contribution is 2.08. The minimum atomic E-state index is -1.24. The number of imide groups is 1. The molecule has 1 aromatic rings. The average molecular weight is 223 g/mol. The van der Waals surface area contributed by atoms with Gasteiger partial charge in [0, 0.05) is 0 Å². The molecule has 0 fully saturated rings. The van der Waals surface area contributed by atoms with Gasteiger partial charge in [-0.05, 0) is 12.1 Å². The van der Waals surface area contributed by atoms with Crippen molar-refractivity contribution < 1.29 is 24.2 Å². The van der Waals surface area contributed by atoms with Crippen LogP contribution in [0.4, 0.5) is 4.79 Å².